The van der Waals surface area contributed by atoms with Crippen molar-refractivity contribution in [2.24, 2.45) is 0 Å². The van der Waals surface area contributed by atoms with E-state index in [4.69, 9.17) is 16.3 Å². The number of hydrogen-bond donors (Lipinski definition) is 0. The average molecular weight is 285 g/mol. The number of nitrogens with zero attached hydrogens (tertiary/aromatic N) is 2. The van der Waals surface area contributed by atoms with Gasteiger partial charge in [-0.25, -0.2) is 9.78 Å². The van der Waals surface area contributed by atoms with Crippen molar-refractivity contribution < 1.29 is 14.3 Å². The molecule has 0 unspecified atom stereocenters. The van der Waals surface area contributed by atoms with Crippen molar-refractivity contribution in [1.82, 2.24) is 9.88 Å². The van der Waals surface area contributed by atoms with Crippen molar-refractivity contribution in [3.8, 4) is 0 Å². The highest BCUT2D eigenvalue weighted by molar-refractivity contribution is 6.32. The number of aryl methyl sites for hydroxylation is 2. The first-order chi connectivity index (χ1) is 8.73. The second-order valence-electron chi connectivity index (χ2n) is 4.53. The van der Waals surface area contributed by atoms with Gasteiger partial charge < -0.3 is 9.64 Å². The highest BCUT2D eigenvalue weighted by Gasteiger charge is 2.23. The Balaban J connectivity index is 2.94. The van der Waals surface area contributed by atoms with Crippen molar-refractivity contribution in [1.29, 1.82) is 0 Å². The van der Waals surface area contributed by atoms with Gasteiger partial charge in [0.1, 0.15) is 5.15 Å². The van der Waals surface area contributed by atoms with E-state index >= 15 is 0 Å². The maximum Gasteiger partial charge on any atom is 0.342 e. The molecule has 1 aromatic heterocycles. The van der Waals surface area contributed by atoms with E-state index in [2.05, 4.69) is 4.98 Å². The molecule has 0 radical (unpaired) electrons. The van der Waals surface area contributed by atoms with Gasteiger partial charge in [0.25, 0.3) is 5.91 Å². The van der Waals surface area contributed by atoms with E-state index in [9.17, 15) is 9.59 Å². The second-order valence-corrected chi connectivity index (χ2v) is 4.88. The molecule has 0 aliphatic carbocycles. The Hall–Kier alpha value is -1.62. The fourth-order valence-electron chi connectivity index (χ4n) is 1.67. The Morgan fingerprint density at radius 1 is 1.37 bits per heavy atom. The Bertz CT molecular complexity index is 492. The zero-order valence-corrected chi connectivity index (χ0v) is 12.4. The van der Waals surface area contributed by atoms with E-state index in [0.717, 1.165) is 5.69 Å². The number of halogens is 1. The molecule has 1 atom stereocenters. The molecule has 0 bridgehead atoms. The van der Waals surface area contributed by atoms with Crippen LogP contribution in [0.4, 0.5) is 0 Å². The number of esters is 1. The van der Waals surface area contributed by atoms with Crippen LogP contribution in [0.15, 0.2) is 6.07 Å². The van der Waals surface area contributed by atoms with Gasteiger partial charge in [-0.05, 0) is 32.4 Å². The number of rotatable bonds is 3. The van der Waals surface area contributed by atoms with Gasteiger partial charge in [-0.3, -0.25) is 4.79 Å². The van der Waals surface area contributed by atoms with Gasteiger partial charge >= 0.3 is 5.97 Å². The molecule has 1 rings (SSSR count). The van der Waals surface area contributed by atoms with E-state index in [0.29, 0.717) is 5.56 Å². The number of carbonyl (C=O) groups is 2. The van der Waals surface area contributed by atoms with E-state index in [-0.39, 0.29) is 16.6 Å². The van der Waals surface area contributed by atoms with E-state index in [1.165, 1.54) is 11.8 Å². The van der Waals surface area contributed by atoms with Crippen molar-refractivity contribution >= 4 is 23.5 Å². The van der Waals surface area contributed by atoms with Crippen LogP contribution in [0.1, 0.15) is 28.5 Å². The number of pyridine rings is 1. The molecule has 19 heavy (non-hydrogen) atoms. The Labute approximate surface area is 117 Å². The van der Waals surface area contributed by atoms with Crippen LogP contribution in [0.2, 0.25) is 5.15 Å². The smallest absolute Gasteiger partial charge is 0.342 e. The largest absolute Gasteiger partial charge is 0.449 e. The predicted octanol–water partition coefficient (Wildman–Crippen LogP) is 1.99. The van der Waals surface area contributed by atoms with Crippen molar-refractivity contribution in [3.63, 3.8) is 0 Å². The van der Waals surface area contributed by atoms with Crippen LogP contribution in [-0.4, -0.2) is 42.0 Å². The molecule has 1 heterocycles. The van der Waals surface area contributed by atoms with Crippen LogP contribution < -0.4 is 0 Å². The molecule has 5 nitrogen and oxygen atoms in total. The summed E-state index contributed by atoms with van der Waals surface area (Å²) in [5, 5.41) is 0.0898. The average Bonchev–Trinajstić information content (AvgIpc) is 2.25. The van der Waals surface area contributed by atoms with Crippen LogP contribution in [0.25, 0.3) is 0 Å². The molecule has 0 aliphatic rings. The molecule has 0 saturated carbocycles. The van der Waals surface area contributed by atoms with Gasteiger partial charge in [-0.2, -0.15) is 0 Å². The Kier molecular flexibility index (Phi) is 4.89. The normalized spacial score (nSPS) is 11.9. The number of carbonyl (C=O) groups excluding carboxylic acids is 2. The maximum absolute atomic E-state index is 12.0. The van der Waals surface area contributed by atoms with Gasteiger partial charge in [-0.1, -0.05) is 11.6 Å². The van der Waals surface area contributed by atoms with Crippen molar-refractivity contribution in [3.05, 3.63) is 28.0 Å². The lowest BCUT2D eigenvalue weighted by molar-refractivity contribution is -0.137. The van der Waals surface area contributed by atoms with Gasteiger partial charge in [0.2, 0.25) is 0 Å². The summed E-state index contributed by atoms with van der Waals surface area (Å²) in [5.74, 6) is -0.931. The molecule has 0 saturated heterocycles. The molecule has 0 aliphatic heterocycles. The van der Waals surface area contributed by atoms with Gasteiger partial charge in [-0.15, -0.1) is 0 Å². The first-order valence-electron chi connectivity index (χ1n) is 5.80. The number of aromatic nitrogens is 1. The molecule has 0 aromatic carbocycles. The van der Waals surface area contributed by atoms with Crippen LogP contribution in [0.3, 0.4) is 0 Å². The minimum atomic E-state index is -0.862. The fourth-order valence-corrected chi connectivity index (χ4v) is 2.03. The van der Waals surface area contributed by atoms with Crippen molar-refractivity contribution in [2.75, 3.05) is 14.1 Å². The van der Waals surface area contributed by atoms with Crippen LogP contribution in [0, 0.1) is 13.8 Å². The molecule has 6 heteroatoms. The summed E-state index contributed by atoms with van der Waals surface area (Å²) in [5.41, 5.74) is 1.59. The molecule has 0 N–H and O–H groups in total. The molecule has 1 amide bonds. The standard InChI is InChI=1S/C13H17ClN2O3/c1-7-6-8(2)15-11(14)10(7)13(18)19-9(3)12(17)16(4)5/h6,9H,1-5H3/t9-/m0/s1. The van der Waals surface area contributed by atoms with Crippen LogP contribution in [0.5, 0.6) is 0 Å². The summed E-state index contributed by atoms with van der Waals surface area (Å²) < 4.78 is 5.11. The van der Waals surface area contributed by atoms with Gasteiger partial charge in [0.15, 0.2) is 6.10 Å². The molecule has 0 spiro atoms. The number of hydrogen-bond acceptors (Lipinski definition) is 4. The van der Waals surface area contributed by atoms with Crippen LogP contribution in [-0.2, 0) is 9.53 Å². The monoisotopic (exact) mass is 284 g/mol. The molecule has 104 valence electrons. The Morgan fingerprint density at radius 3 is 2.42 bits per heavy atom. The quantitative estimate of drug-likeness (QED) is 0.629. The number of likely N-dealkylation sites (N-methyl/N-ethyl adjacent to an activating group) is 1. The lowest BCUT2D eigenvalue weighted by Gasteiger charge is -2.18. The predicted molar refractivity (Wildman–Crippen MR) is 72.3 cm³/mol. The SMILES string of the molecule is Cc1cc(C)c(C(=O)O[C@@H](C)C(=O)N(C)C)c(Cl)n1. The van der Waals surface area contributed by atoms with Crippen molar-refractivity contribution in [2.45, 2.75) is 26.9 Å². The topological polar surface area (TPSA) is 59.5 Å². The van der Waals surface area contributed by atoms with E-state index in [1.54, 1.807) is 34.0 Å². The third-order valence-electron chi connectivity index (χ3n) is 2.58. The van der Waals surface area contributed by atoms with Gasteiger partial charge in [0, 0.05) is 19.8 Å². The minimum Gasteiger partial charge on any atom is -0.449 e. The second kappa shape index (κ2) is 6.02. The number of amides is 1. The minimum absolute atomic E-state index is 0.0898. The van der Waals surface area contributed by atoms with E-state index in [1.807, 2.05) is 0 Å². The molecular formula is C13H17ClN2O3. The fraction of sp³-hybridized carbons (Fsp3) is 0.462. The summed E-state index contributed by atoms with van der Waals surface area (Å²) >= 11 is 5.95. The van der Waals surface area contributed by atoms with Crippen LogP contribution >= 0.6 is 11.6 Å². The summed E-state index contributed by atoms with van der Waals surface area (Å²) in [6.07, 6.45) is -0.862. The maximum atomic E-state index is 12.0. The molecule has 1 aromatic rings. The van der Waals surface area contributed by atoms with Gasteiger partial charge in [0.05, 0.1) is 5.56 Å². The highest BCUT2D eigenvalue weighted by Crippen LogP contribution is 2.20. The lowest BCUT2D eigenvalue weighted by atomic mass is 10.1. The summed E-state index contributed by atoms with van der Waals surface area (Å²) in [6, 6.07) is 1.74. The summed E-state index contributed by atoms with van der Waals surface area (Å²) in [7, 11) is 3.19. The Morgan fingerprint density at radius 2 is 1.95 bits per heavy atom. The summed E-state index contributed by atoms with van der Waals surface area (Å²) in [6.45, 7) is 5.05. The first-order valence-corrected chi connectivity index (χ1v) is 6.17. The number of ether oxygens (including phenoxy) is 1. The molecule has 0 fully saturated rings. The zero-order chi connectivity index (χ0) is 14.7. The third kappa shape index (κ3) is 3.67. The van der Waals surface area contributed by atoms with E-state index < -0.39 is 12.1 Å². The zero-order valence-electron chi connectivity index (χ0n) is 11.7. The third-order valence-corrected chi connectivity index (χ3v) is 2.85. The molecular weight excluding hydrogens is 268 g/mol. The first kappa shape index (κ1) is 15.4. The highest BCUT2D eigenvalue weighted by atomic mass is 35.5. The lowest BCUT2D eigenvalue weighted by Crippen LogP contribution is -2.35. The summed E-state index contributed by atoms with van der Waals surface area (Å²) in [4.78, 5) is 29.0.